The van der Waals surface area contributed by atoms with E-state index in [0.29, 0.717) is 0 Å². The average molecular weight is 275 g/mol. The summed E-state index contributed by atoms with van der Waals surface area (Å²) in [5, 5.41) is 3.54. The Balaban J connectivity index is 1.83. The first-order valence-corrected chi connectivity index (χ1v) is 7.02. The van der Waals surface area contributed by atoms with Crippen LogP contribution in [0.3, 0.4) is 0 Å². The summed E-state index contributed by atoms with van der Waals surface area (Å²) in [5.41, 5.74) is 2.41. The van der Waals surface area contributed by atoms with Gasteiger partial charge in [-0.15, -0.1) is 0 Å². The highest BCUT2D eigenvalue weighted by atomic mass is 15.0. The van der Waals surface area contributed by atoms with Crippen molar-refractivity contribution >= 4 is 0 Å². The summed E-state index contributed by atoms with van der Waals surface area (Å²) in [6.07, 6.45) is 3.56. The lowest BCUT2D eigenvalue weighted by molar-refractivity contribution is 0.575. The fraction of sp³-hybridized carbons (Fsp3) is 0.111. The second-order valence-corrected chi connectivity index (χ2v) is 4.82. The standard InChI is InChI=1S/C18H17N3/c1-3-8-15(9-4-1)14-21-17(16-10-5-2-6-11-16)18-19-12-7-13-20-18/h1-13,17,21H,14H2/t17-/m0/s1. The fourth-order valence-corrected chi connectivity index (χ4v) is 2.28. The zero-order valence-corrected chi connectivity index (χ0v) is 11.7. The van der Waals surface area contributed by atoms with Gasteiger partial charge in [0.05, 0.1) is 6.04 Å². The van der Waals surface area contributed by atoms with E-state index in [1.165, 1.54) is 11.1 Å². The average Bonchev–Trinajstić information content (AvgIpc) is 2.58. The van der Waals surface area contributed by atoms with Gasteiger partial charge < -0.3 is 0 Å². The Kier molecular flexibility index (Phi) is 4.34. The summed E-state index contributed by atoms with van der Waals surface area (Å²) in [4.78, 5) is 8.79. The van der Waals surface area contributed by atoms with Crippen LogP contribution in [-0.4, -0.2) is 9.97 Å². The monoisotopic (exact) mass is 275 g/mol. The highest BCUT2D eigenvalue weighted by molar-refractivity contribution is 5.25. The van der Waals surface area contributed by atoms with E-state index < -0.39 is 0 Å². The lowest BCUT2D eigenvalue weighted by Gasteiger charge is -2.18. The number of aromatic nitrogens is 2. The van der Waals surface area contributed by atoms with Gasteiger partial charge in [0.1, 0.15) is 5.82 Å². The molecule has 0 bridgehead atoms. The maximum Gasteiger partial charge on any atom is 0.149 e. The van der Waals surface area contributed by atoms with E-state index in [-0.39, 0.29) is 6.04 Å². The number of benzene rings is 2. The van der Waals surface area contributed by atoms with Crippen LogP contribution in [0.5, 0.6) is 0 Å². The summed E-state index contributed by atoms with van der Waals surface area (Å²) in [5.74, 6) is 0.791. The molecule has 0 saturated heterocycles. The molecular formula is C18H17N3. The maximum atomic E-state index is 4.39. The van der Waals surface area contributed by atoms with Gasteiger partial charge in [-0.1, -0.05) is 60.7 Å². The molecule has 0 aliphatic rings. The molecule has 1 N–H and O–H groups in total. The molecule has 0 radical (unpaired) electrons. The van der Waals surface area contributed by atoms with Crippen molar-refractivity contribution in [2.24, 2.45) is 0 Å². The highest BCUT2D eigenvalue weighted by Crippen LogP contribution is 2.18. The highest BCUT2D eigenvalue weighted by Gasteiger charge is 2.15. The summed E-state index contributed by atoms with van der Waals surface area (Å²) in [6, 6.07) is 22.5. The molecule has 21 heavy (non-hydrogen) atoms. The molecule has 0 aliphatic heterocycles. The Bertz CT molecular complexity index is 614. The van der Waals surface area contributed by atoms with Gasteiger partial charge >= 0.3 is 0 Å². The molecule has 0 spiro atoms. The van der Waals surface area contributed by atoms with E-state index in [1.54, 1.807) is 12.4 Å². The largest absolute Gasteiger partial charge is 0.300 e. The van der Waals surface area contributed by atoms with Gasteiger partial charge in [0.2, 0.25) is 0 Å². The minimum atomic E-state index is -0.00685. The van der Waals surface area contributed by atoms with E-state index in [9.17, 15) is 0 Å². The number of nitrogens with zero attached hydrogens (tertiary/aromatic N) is 2. The molecule has 3 rings (SSSR count). The third kappa shape index (κ3) is 3.52. The van der Waals surface area contributed by atoms with Crippen molar-refractivity contribution in [1.29, 1.82) is 0 Å². The van der Waals surface area contributed by atoms with Crippen LogP contribution in [0.15, 0.2) is 79.1 Å². The van der Waals surface area contributed by atoms with Crippen LogP contribution in [0.4, 0.5) is 0 Å². The van der Waals surface area contributed by atoms with Crippen LogP contribution in [0.2, 0.25) is 0 Å². The van der Waals surface area contributed by atoms with Crippen LogP contribution in [0.1, 0.15) is 23.0 Å². The molecule has 1 aromatic heterocycles. The first-order chi connectivity index (χ1) is 10.4. The molecule has 104 valence electrons. The Hall–Kier alpha value is -2.52. The van der Waals surface area contributed by atoms with Gasteiger partial charge in [-0.3, -0.25) is 5.32 Å². The molecule has 0 aliphatic carbocycles. The minimum absolute atomic E-state index is 0.00685. The van der Waals surface area contributed by atoms with Gasteiger partial charge in [-0.05, 0) is 17.2 Å². The van der Waals surface area contributed by atoms with Gasteiger partial charge in [0.15, 0.2) is 0 Å². The van der Waals surface area contributed by atoms with Crippen molar-refractivity contribution in [3.05, 3.63) is 96.1 Å². The zero-order valence-electron chi connectivity index (χ0n) is 11.7. The molecule has 3 heteroatoms. The molecular weight excluding hydrogens is 258 g/mol. The predicted octanol–water partition coefficient (Wildman–Crippen LogP) is 3.36. The summed E-state index contributed by atoms with van der Waals surface area (Å²) in [6.45, 7) is 0.776. The molecule has 0 amide bonds. The molecule has 0 saturated carbocycles. The van der Waals surface area contributed by atoms with E-state index >= 15 is 0 Å². The van der Waals surface area contributed by atoms with Crippen molar-refractivity contribution in [2.45, 2.75) is 12.6 Å². The minimum Gasteiger partial charge on any atom is -0.300 e. The maximum absolute atomic E-state index is 4.39. The van der Waals surface area contributed by atoms with Gasteiger partial charge in [-0.25, -0.2) is 9.97 Å². The first-order valence-electron chi connectivity index (χ1n) is 7.02. The molecule has 3 aromatic rings. The van der Waals surface area contributed by atoms with Crippen molar-refractivity contribution in [3.63, 3.8) is 0 Å². The van der Waals surface area contributed by atoms with Crippen LogP contribution >= 0.6 is 0 Å². The van der Waals surface area contributed by atoms with Gasteiger partial charge in [-0.2, -0.15) is 0 Å². The Labute approximate surface area is 124 Å². The quantitative estimate of drug-likeness (QED) is 0.776. The van der Waals surface area contributed by atoms with Crippen molar-refractivity contribution in [1.82, 2.24) is 15.3 Å². The third-order valence-electron chi connectivity index (χ3n) is 3.33. The smallest absolute Gasteiger partial charge is 0.149 e. The lowest BCUT2D eigenvalue weighted by atomic mass is 10.1. The van der Waals surface area contributed by atoms with Crippen molar-refractivity contribution < 1.29 is 0 Å². The molecule has 1 heterocycles. The number of hydrogen-bond donors (Lipinski definition) is 1. The topological polar surface area (TPSA) is 37.8 Å². The van der Waals surface area contributed by atoms with E-state index in [1.807, 2.05) is 42.5 Å². The molecule has 1 atom stereocenters. The van der Waals surface area contributed by atoms with Crippen LogP contribution in [-0.2, 0) is 6.54 Å². The second-order valence-electron chi connectivity index (χ2n) is 4.82. The summed E-state index contributed by atoms with van der Waals surface area (Å²) in [7, 11) is 0. The van der Waals surface area contributed by atoms with E-state index in [4.69, 9.17) is 0 Å². The third-order valence-corrected chi connectivity index (χ3v) is 3.33. The Morgan fingerprint density at radius 2 is 1.38 bits per heavy atom. The Morgan fingerprint density at radius 3 is 2.05 bits per heavy atom. The van der Waals surface area contributed by atoms with Gasteiger partial charge in [0.25, 0.3) is 0 Å². The second kappa shape index (κ2) is 6.77. The van der Waals surface area contributed by atoms with Crippen molar-refractivity contribution in [2.75, 3.05) is 0 Å². The normalized spacial score (nSPS) is 12.0. The predicted molar refractivity (Wildman–Crippen MR) is 83.6 cm³/mol. The summed E-state index contributed by atoms with van der Waals surface area (Å²) >= 11 is 0. The van der Waals surface area contributed by atoms with E-state index in [0.717, 1.165) is 12.4 Å². The first kappa shape index (κ1) is 13.5. The van der Waals surface area contributed by atoms with E-state index in [2.05, 4.69) is 39.6 Å². The SMILES string of the molecule is c1ccc(CN[C@@H](c2ccccc2)c2ncccn2)cc1. The fourth-order valence-electron chi connectivity index (χ4n) is 2.28. The van der Waals surface area contributed by atoms with Gasteiger partial charge in [0, 0.05) is 18.9 Å². The Morgan fingerprint density at radius 1 is 0.762 bits per heavy atom. The molecule has 0 unspecified atom stereocenters. The van der Waals surface area contributed by atoms with Crippen molar-refractivity contribution in [3.8, 4) is 0 Å². The number of rotatable bonds is 5. The number of hydrogen-bond acceptors (Lipinski definition) is 3. The van der Waals surface area contributed by atoms with Crippen LogP contribution in [0.25, 0.3) is 0 Å². The number of nitrogens with one attached hydrogen (secondary N) is 1. The summed E-state index contributed by atoms with van der Waals surface area (Å²) < 4.78 is 0. The lowest BCUT2D eigenvalue weighted by Crippen LogP contribution is -2.23. The molecule has 3 nitrogen and oxygen atoms in total. The molecule has 2 aromatic carbocycles. The van der Waals surface area contributed by atoms with Crippen LogP contribution < -0.4 is 5.32 Å². The molecule has 0 fully saturated rings. The van der Waals surface area contributed by atoms with Crippen LogP contribution in [0, 0.1) is 0 Å². The zero-order chi connectivity index (χ0) is 14.3.